The molecule has 13 heavy (non-hydrogen) atoms. The summed E-state index contributed by atoms with van der Waals surface area (Å²) in [5.74, 6) is 0.506. The van der Waals surface area contributed by atoms with Gasteiger partial charge >= 0.3 is 0 Å². The van der Waals surface area contributed by atoms with Crippen molar-refractivity contribution in [3.05, 3.63) is 11.6 Å². The maximum Gasteiger partial charge on any atom is 0.0552 e. The predicted octanol–water partition coefficient (Wildman–Crippen LogP) is 4.06. The molecule has 1 aliphatic rings. The normalized spacial score (nSPS) is 26.8. The third kappa shape index (κ3) is 2.35. The smallest absolute Gasteiger partial charge is 0.0552 e. The van der Waals surface area contributed by atoms with Crippen molar-refractivity contribution >= 4 is 28.2 Å². The van der Waals surface area contributed by atoms with Gasteiger partial charge in [0.05, 0.1) is 4.20 Å². The highest BCUT2D eigenvalue weighted by molar-refractivity contribution is 8.22. The van der Waals surface area contributed by atoms with Crippen molar-refractivity contribution in [3.63, 3.8) is 0 Å². The minimum atomic E-state index is 0.360. The third-order valence-corrected chi connectivity index (χ3v) is 4.30. The summed E-state index contributed by atoms with van der Waals surface area (Å²) in [4.78, 5) is 0. The fourth-order valence-electron chi connectivity index (χ4n) is 2.17. The monoisotopic (exact) mass is 214 g/mol. The molecule has 0 nitrogen and oxygen atoms in total. The Labute approximate surface area is 91.2 Å². The standard InChI is InChI=1S/C11H18S2/c1-8-6-5-7-11(2,3)9(8)10(12)13-4/h6,9H,5,7H2,1-4H3/t9-/m0/s1. The van der Waals surface area contributed by atoms with Gasteiger partial charge in [0, 0.05) is 5.92 Å². The Balaban J connectivity index is 2.94. The second kappa shape index (κ2) is 4.14. The Morgan fingerprint density at radius 3 is 2.69 bits per heavy atom. The van der Waals surface area contributed by atoms with Crippen LogP contribution in [0.25, 0.3) is 0 Å². The summed E-state index contributed by atoms with van der Waals surface area (Å²) in [5, 5.41) is 0. The molecule has 0 saturated carbocycles. The molecule has 0 fully saturated rings. The molecule has 0 amide bonds. The van der Waals surface area contributed by atoms with Crippen LogP contribution < -0.4 is 0 Å². The van der Waals surface area contributed by atoms with E-state index in [0.29, 0.717) is 11.3 Å². The Morgan fingerprint density at radius 2 is 2.23 bits per heavy atom. The number of thioether (sulfide) groups is 1. The zero-order valence-corrected chi connectivity index (χ0v) is 10.5. The Morgan fingerprint density at radius 1 is 1.62 bits per heavy atom. The summed E-state index contributed by atoms with van der Waals surface area (Å²) in [5.41, 5.74) is 1.83. The summed E-state index contributed by atoms with van der Waals surface area (Å²) >= 11 is 7.15. The van der Waals surface area contributed by atoms with Crippen LogP contribution in [0.1, 0.15) is 33.6 Å². The minimum Gasteiger partial charge on any atom is -0.122 e. The Hall–Kier alpha value is 0.180. The van der Waals surface area contributed by atoms with Gasteiger partial charge in [-0.3, -0.25) is 0 Å². The molecule has 0 aromatic carbocycles. The van der Waals surface area contributed by atoms with E-state index in [1.807, 2.05) is 0 Å². The van der Waals surface area contributed by atoms with Gasteiger partial charge in [-0.1, -0.05) is 37.7 Å². The van der Waals surface area contributed by atoms with E-state index < -0.39 is 0 Å². The van der Waals surface area contributed by atoms with Gasteiger partial charge in [0.2, 0.25) is 0 Å². The molecule has 2 heteroatoms. The van der Waals surface area contributed by atoms with E-state index in [1.165, 1.54) is 18.4 Å². The fraction of sp³-hybridized carbons (Fsp3) is 0.727. The molecule has 74 valence electrons. The lowest BCUT2D eigenvalue weighted by molar-refractivity contribution is 0.275. The van der Waals surface area contributed by atoms with Crippen molar-refractivity contribution in [1.82, 2.24) is 0 Å². The fourth-order valence-corrected chi connectivity index (χ4v) is 3.42. The lowest BCUT2D eigenvalue weighted by Gasteiger charge is -2.38. The summed E-state index contributed by atoms with van der Waals surface area (Å²) in [6.45, 7) is 6.88. The molecular weight excluding hydrogens is 196 g/mol. The van der Waals surface area contributed by atoms with Gasteiger partial charge in [-0.15, -0.1) is 11.8 Å². The number of hydrogen-bond acceptors (Lipinski definition) is 2. The van der Waals surface area contributed by atoms with Crippen LogP contribution in [0.2, 0.25) is 0 Å². The van der Waals surface area contributed by atoms with Gasteiger partial charge in [-0.25, -0.2) is 0 Å². The van der Waals surface area contributed by atoms with Crippen molar-refractivity contribution < 1.29 is 0 Å². The first-order valence-electron chi connectivity index (χ1n) is 4.73. The van der Waals surface area contributed by atoms with Gasteiger partial charge < -0.3 is 0 Å². The molecule has 1 aliphatic carbocycles. The van der Waals surface area contributed by atoms with Gasteiger partial charge in [-0.05, 0) is 31.4 Å². The molecule has 0 bridgehead atoms. The first-order chi connectivity index (χ1) is 5.99. The van der Waals surface area contributed by atoms with Crippen molar-refractivity contribution in [3.8, 4) is 0 Å². The van der Waals surface area contributed by atoms with Crippen LogP contribution >= 0.6 is 24.0 Å². The van der Waals surface area contributed by atoms with Crippen LogP contribution in [0.15, 0.2) is 11.6 Å². The van der Waals surface area contributed by atoms with Gasteiger partial charge in [0.15, 0.2) is 0 Å². The summed E-state index contributed by atoms with van der Waals surface area (Å²) < 4.78 is 1.15. The van der Waals surface area contributed by atoms with Gasteiger partial charge in [-0.2, -0.15) is 0 Å². The SMILES string of the molecule is CSC(=S)[C@@H]1C(C)=CCCC1(C)C. The molecule has 0 heterocycles. The van der Waals surface area contributed by atoms with Crippen molar-refractivity contribution in [2.45, 2.75) is 33.6 Å². The highest BCUT2D eigenvalue weighted by atomic mass is 32.2. The largest absolute Gasteiger partial charge is 0.122 e. The quantitative estimate of drug-likeness (QED) is 0.477. The number of thiocarbonyl (C=S) groups is 1. The van der Waals surface area contributed by atoms with E-state index in [-0.39, 0.29) is 0 Å². The maximum absolute atomic E-state index is 5.42. The van der Waals surface area contributed by atoms with Crippen molar-refractivity contribution in [1.29, 1.82) is 0 Å². The second-order valence-electron chi connectivity index (χ2n) is 4.43. The first kappa shape index (κ1) is 11.3. The summed E-state index contributed by atoms with van der Waals surface area (Å²) in [6.07, 6.45) is 6.90. The van der Waals surface area contributed by atoms with Crippen LogP contribution in [0, 0.1) is 11.3 Å². The summed E-state index contributed by atoms with van der Waals surface area (Å²) in [6, 6.07) is 0. The molecule has 0 aliphatic heterocycles. The van der Waals surface area contributed by atoms with Crippen LogP contribution in [0.4, 0.5) is 0 Å². The predicted molar refractivity (Wildman–Crippen MR) is 66.4 cm³/mol. The highest BCUT2D eigenvalue weighted by Crippen LogP contribution is 2.43. The molecule has 0 radical (unpaired) electrons. The highest BCUT2D eigenvalue weighted by Gasteiger charge is 2.35. The topological polar surface area (TPSA) is 0 Å². The first-order valence-corrected chi connectivity index (χ1v) is 6.37. The third-order valence-electron chi connectivity index (χ3n) is 2.93. The number of allylic oxidation sites excluding steroid dienone is 2. The minimum absolute atomic E-state index is 0.360. The molecular formula is C11H18S2. The van der Waals surface area contributed by atoms with Crippen LogP contribution in [-0.2, 0) is 0 Å². The van der Waals surface area contributed by atoms with E-state index in [2.05, 4.69) is 33.1 Å². The number of rotatable bonds is 1. The Kier molecular flexibility index (Phi) is 3.58. The van der Waals surface area contributed by atoms with Crippen LogP contribution in [0.3, 0.4) is 0 Å². The zero-order valence-electron chi connectivity index (χ0n) is 8.89. The molecule has 0 aromatic heterocycles. The van der Waals surface area contributed by atoms with Crippen molar-refractivity contribution in [2.24, 2.45) is 11.3 Å². The van der Waals surface area contributed by atoms with E-state index >= 15 is 0 Å². The second-order valence-corrected chi connectivity index (χ2v) is 5.98. The summed E-state index contributed by atoms with van der Waals surface area (Å²) in [7, 11) is 0. The average Bonchev–Trinajstić information content (AvgIpc) is 2.02. The molecule has 0 unspecified atom stereocenters. The molecule has 1 rings (SSSR count). The lowest BCUT2D eigenvalue weighted by atomic mass is 9.69. The Bertz CT molecular complexity index is 238. The molecule has 0 saturated heterocycles. The number of hydrogen-bond donors (Lipinski definition) is 0. The van der Waals surface area contributed by atoms with Crippen LogP contribution in [0.5, 0.6) is 0 Å². The molecule has 0 spiro atoms. The van der Waals surface area contributed by atoms with E-state index in [4.69, 9.17) is 12.2 Å². The van der Waals surface area contributed by atoms with Gasteiger partial charge in [0.1, 0.15) is 0 Å². The van der Waals surface area contributed by atoms with E-state index in [0.717, 1.165) is 4.20 Å². The van der Waals surface area contributed by atoms with Gasteiger partial charge in [0.25, 0.3) is 0 Å². The van der Waals surface area contributed by atoms with E-state index in [1.54, 1.807) is 11.8 Å². The van der Waals surface area contributed by atoms with Crippen LogP contribution in [-0.4, -0.2) is 10.5 Å². The molecule has 1 atom stereocenters. The molecule has 0 aromatic rings. The molecule has 0 N–H and O–H groups in total. The average molecular weight is 214 g/mol. The van der Waals surface area contributed by atoms with E-state index in [9.17, 15) is 0 Å². The zero-order chi connectivity index (χ0) is 10.1. The van der Waals surface area contributed by atoms with Crippen molar-refractivity contribution in [2.75, 3.05) is 6.26 Å². The lowest BCUT2D eigenvalue weighted by Crippen LogP contribution is -2.32. The maximum atomic E-state index is 5.42.